The molecule has 0 fully saturated rings. The fourth-order valence-corrected chi connectivity index (χ4v) is 2.86. The lowest BCUT2D eigenvalue weighted by atomic mass is 10.0. The van der Waals surface area contributed by atoms with E-state index in [0.717, 1.165) is 5.57 Å². The van der Waals surface area contributed by atoms with Gasteiger partial charge >= 0.3 is 0 Å². The number of nitrogens with one attached hydrogen (secondary N) is 1. The first-order chi connectivity index (χ1) is 14.4. The standard InChI is InChI=1S/C22H21ClN4O3/c1-3-4-15(28)7-5-13(2)20-12-16(14-6-8-17(23)19(29)11-14)21(30-20)18-9-10-25-22(26-18)27-24/h3-12,28-29H,24H2,1-2H3,(H,25,26,27)/b4-3-,13-5+,15-7+. The molecule has 2 aromatic heterocycles. The fourth-order valence-electron chi connectivity index (χ4n) is 2.74. The molecule has 0 unspecified atom stereocenters. The molecule has 3 rings (SSSR count). The third-order valence-electron chi connectivity index (χ3n) is 4.24. The van der Waals surface area contributed by atoms with Crippen LogP contribution in [0.2, 0.25) is 5.02 Å². The Balaban J connectivity index is 2.15. The van der Waals surface area contributed by atoms with Gasteiger partial charge in [0.25, 0.3) is 0 Å². The number of rotatable bonds is 6. The van der Waals surface area contributed by atoms with E-state index in [1.165, 1.54) is 0 Å². The van der Waals surface area contributed by atoms with Crippen molar-refractivity contribution >= 4 is 23.1 Å². The number of aromatic hydroxyl groups is 1. The number of allylic oxidation sites excluding steroid dienone is 5. The molecule has 0 saturated heterocycles. The zero-order chi connectivity index (χ0) is 21.7. The molecule has 0 amide bonds. The maximum Gasteiger partial charge on any atom is 0.237 e. The molecule has 0 atom stereocenters. The van der Waals surface area contributed by atoms with E-state index in [2.05, 4.69) is 15.4 Å². The molecule has 1 aromatic carbocycles. The number of anilines is 1. The number of nitrogen functional groups attached to an aromatic ring is 1. The highest BCUT2D eigenvalue weighted by atomic mass is 35.5. The van der Waals surface area contributed by atoms with Crippen LogP contribution in [-0.4, -0.2) is 20.2 Å². The van der Waals surface area contributed by atoms with Gasteiger partial charge in [0.1, 0.15) is 23.0 Å². The third-order valence-corrected chi connectivity index (χ3v) is 4.56. The van der Waals surface area contributed by atoms with Gasteiger partial charge in [0.05, 0.1) is 5.02 Å². The summed E-state index contributed by atoms with van der Waals surface area (Å²) in [4.78, 5) is 8.37. The van der Waals surface area contributed by atoms with Gasteiger partial charge in [0, 0.05) is 11.8 Å². The first-order valence-electron chi connectivity index (χ1n) is 9.06. The monoisotopic (exact) mass is 424 g/mol. The van der Waals surface area contributed by atoms with Crippen LogP contribution in [0.1, 0.15) is 19.6 Å². The predicted octanol–water partition coefficient (Wildman–Crippen LogP) is 5.47. The molecule has 8 heteroatoms. The summed E-state index contributed by atoms with van der Waals surface area (Å²) in [5.74, 6) is 6.80. The van der Waals surface area contributed by atoms with Crippen molar-refractivity contribution in [2.24, 2.45) is 5.84 Å². The van der Waals surface area contributed by atoms with E-state index >= 15 is 0 Å². The normalized spacial score (nSPS) is 12.5. The average molecular weight is 425 g/mol. The van der Waals surface area contributed by atoms with Crippen molar-refractivity contribution in [3.8, 4) is 28.3 Å². The number of benzene rings is 1. The number of nitrogens with zero attached hydrogens (tertiary/aromatic N) is 2. The van der Waals surface area contributed by atoms with Crippen molar-refractivity contribution in [3.05, 3.63) is 77.4 Å². The van der Waals surface area contributed by atoms with E-state index in [1.807, 2.05) is 19.9 Å². The van der Waals surface area contributed by atoms with E-state index in [-0.39, 0.29) is 22.5 Å². The lowest BCUT2D eigenvalue weighted by Gasteiger charge is -2.05. The van der Waals surface area contributed by atoms with Crippen LogP contribution < -0.4 is 11.3 Å². The summed E-state index contributed by atoms with van der Waals surface area (Å²) < 4.78 is 6.11. The quantitative estimate of drug-likeness (QED) is 0.179. The highest BCUT2D eigenvalue weighted by Crippen LogP contribution is 2.39. The number of hydrogen-bond donors (Lipinski definition) is 4. The number of hydrazine groups is 1. The molecule has 7 nitrogen and oxygen atoms in total. The Hall–Kier alpha value is -3.55. The van der Waals surface area contributed by atoms with Crippen molar-refractivity contribution in [1.29, 1.82) is 0 Å². The van der Waals surface area contributed by atoms with E-state index in [9.17, 15) is 10.2 Å². The topological polar surface area (TPSA) is 117 Å². The number of nitrogens with two attached hydrogens (primary N) is 1. The van der Waals surface area contributed by atoms with Crippen LogP contribution in [0.5, 0.6) is 5.75 Å². The number of phenolic OH excluding ortho intramolecular Hbond substituents is 1. The molecule has 0 aliphatic carbocycles. The van der Waals surface area contributed by atoms with Crippen LogP contribution >= 0.6 is 11.6 Å². The first-order valence-corrected chi connectivity index (χ1v) is 9.44. The maximum atomic E-state index is 10.0. The van der Waals surface area contributed by atoms with Crippen LogP contribution in [0.3, 0.4) is 0 Å². The predicted molar refractivity (Wildman–Crippen MR) is 119 cm³/mol. The molecule has 2 heterocycles. The van der Waals surface area contributed by atoms with Crippen molar-refractivity contribution in [3.63, 3.8) is 0 Å². The maximum absolute atomic E-state index is 10.0. The number of aromatic nitrogens is 2. The van der Waals surface area contributed by atoms with Crippen molar-refractivity contribution in [1.82, 2.24) is 9.97 Å². The van der Waals surface area contributed by atoms with Gasteiger partial charge in [0.2, 0.25) is 5.95 Å². The Morgan fingerprint density at radius 3 is 2.73 bits per heavy atom. The summed E-state index contributed by atoms with van der Waals surface area (Å²) in [6.45, 7) is 3.68. The van der Waals surface area contributed by atoms with Gasteiger partial charge in [-0.1, -0.05) is 29.8 Å². The molecular weight excluding hydrogens is 404 g/mol. The SMILES string of the molecule is C\C=C/C(O)=C\C=C(/C)c1cc(-c2ccc(Cl)c(O)c2)c(-c2ccnc(NN)n2)o1. The van der Waals surface area contributed by atoms with Gasteiger partial charge in [-0.05, 0) is 61.4 Å². The van der Waals surface area contributed by atoms with Crippen LogP contribution in [0.15, 0.2) is 71.0 Å². The summed E-state index contributed by atoms with van der Waals surface area (Å²) in [5.41, 5.74) is 5.10. The number of aliphatic hydroxyl groups excluding tert-OH is 1. The van der Waals surface area contributed by atoms with Gasteiger partial charge in [-0.3, -0.25) is 5.43 Å². The third kappa shape index (κ3) is 4.71. The Kier molecular flexibility index (Phi) is 6.56. The lowest BCUT2D eigenvalue weighted by molar-refractivity contribution is 0.432. The highest BCUT2D eigenvalue weighted by molar-refractivity contribution is 6.32. The molecule has 0 bridgehead atoms. The lowest BCUT2D eigenvalue weighted by Crippen LogP contribution is -2.10. The van der Waals surface area contributed by atoms with Crippen molar-refractivity contribution < 1.29 is 14.6 Å². The Morgan fingerprint density at radius 2 is 2.03 bits per heavy atom. The van der Waals surface area contributed by atoms with Crippen molar-refractivity contribution in [2.75, 3.05) is 5.43 Å². The van der Waals surface area contributed by atoms with Gasteiger partial charge < -0.3 is 14.6 Å². The zero-order valence-electron chi connectivity index (χ0n) is 16.4. The Morgan fingerprint density at radius 1 is 1.23 bits per heavy atom. The minimum Gasteiger partial charge on any atom is -0.508 e. The molecular formula is C22H21ClN4O3. The second-order valence-electron chi connectivity index (χ2n) is 6.37. The number of halogens is 1. The first kappa shape index (κ1) is 21.2. The van der Waals surface area contributed by atoms with E-state index in [0.29, 0.717) is 28.3 Å². The Labute approximate surface area is 178 Å². The highest BCUT2D eigenvalue weighted by Gasteiger charge is 2.18. The summed E-state index contributed by atoms with van der Waals surface area (Å²) in [6.07, 6.45) is 8.20. The second kappa shape index (κ2) is 9.30. The summed E-state index contributed by atoms with van der Waals surface area (Å²) in [5, 5.41) is 20.1. The van der Waals surface area contributed by atoms with Gasteiger partial charge in [-0.25, -0.2) is 15.8 Å². The van der Waals surface area contributed by atoms with Crippen molar-refractivity contribution in [2.45, 2.75) is 13.8 Å². The number of furan rings is 1. The molecule has 30 heavy (non-hydrogen) atoms. The van der Waals surface area contributed by atoms with Crippen LogP contribution in [-0.2, 0) is 0 Å². The molecule has 0 saturated carbocycles. The molecule has 3 aromatic rings. The molecule has 0 spiro atoms. The van der Waals surface area contributed by atoms with Crippen LogP contribution in [0.4, 0.5) is 5.95 Å². The van der Waals surface area contributed by atoms with E-state index in [1.54, 1.807) is 54.8 Å². The fraction of sp³-hybridized carbons (Fsp3) is 0.0909. The minimum atomic E-state index is -0.0404. The van der Waals surface area contributed by atoms with Gasteiger partial charge in [-0.15, -0.1) is 0 Å². The summed E-state index contributed by atoms with van der Waals surface area (Å²) in [6, 6.07) is 8.47. The summed E-state index contributed by atoms with van der Waals surface area (Å²) >= 11 is 5.96. The minimum absolute atomic E-state index is 0.0404. The molecule has 0 aliphatic rings. The zero-order valence-corrected chi connectivity index (χ0v) is 17.2. The van der Waals surface area contributed by atoms with Gasteiger partial charge in [0.15, 0.2) is 5.76 Å². The van der Waals surface area contributed by atoms with Crippen LogP contribution in [0, 0.1) is 0 Å². The Bertz CT molecular complexity index is 1150. The number of phenols is 1. The van der Waals surface area contributed by atoms with E-state index in [4.69, 9.17) is 21.9 Å². The number of aliphatic hydroxyl groups is 1. The molecule has 5 N–H and O–H groups in total. The largest absolute Gasteiger partial charge is 0.508 e. The average Bonchev–Trinajstić information content (AvgIpc) is 3.20. The van der Waals surface area contributed by atoms with E-state index < -0.39 is 0 Å². The molecule has 0 aliphatic heterocycles. The molecule has 0 radical (unpaired) electrons. The number of hydrogen-bond acceptors (Lipinski definition) is 7. The molecule has 154 valence electrons. The smallest absolute Gasteiger partial charge is 0.237 e. The summed E-state index contributed by atoms with van der Waals surface area (Å²) in [7, 11) is 0. The second-order valence-corrected chi connectivity index (χ2v) is 6.78. The van der Waals surface area contributed by atoms with Crippen LogP contribution in [0.25, 0.3) is 28.2 Å². The van der Waals surface area contributed by atoms with Gasteiger partial charge in [-0.2, -0.15) is 0 Å².